The van der Waals surface area contributed by atoms with E-state index in [2.05, 4.69) is 0 Å². The highest BCUT2D eigenvalue weighted by atomic mass is 32.2. The second kappa shape index (κ2) is 8.72. The first-order valence-corrected chi connectivity index (χ1v) is 11.1. The fourth-order valence-corrected chi connectivity index (χ4v) is 4.48. The molecule has 0 aliphatic heterocycles. The van der Waals surface area contributed by atoms with Gasteiger partial charge in [-0.3, -0.25) is 4.72 Å². The van der Waals surface area contributed by atoms with Crippen LogP contribution in [0.15, 0.2) is 41.3 Å². The Morgan fingerprint density at radius 1 is 0.875 bits per heavy atom. The minimum Gasteiger partial charge on any atom is -0.507 e. The summed E-state index contributed by atoms with van der Waals surface area (Å²) in [5.41, 5.74) is -2.89. The molecule has 0 unspecified atom stereocenters. The molecule has 2 aromatic rings. The van der Waals surface area contributed by atoms with Crippen LogP contribution < -0.4 is 9.46 Å². The van der Waals surface area contributed by atoms with E-state index in [9.17, 15) is 39.9 Å². The first-order valence-electron chi connectivity index (χ1n) is 9.58. The van der Waals surface area contributed by atoms with Gasteiger partial charge in [0, 0.05) is 12.1 Å². The van der Waals surface area contributed by atoms with Crippen LogP contribution in [0.25, 0.3) is 0 Å². The molecular weight excluding hydrogens is 464 g/mol. The Bertz CT molecular complexity index is 1080. The monoisotopic (exact) mass is 483 g/mol. The highest BCUT2D eigenvalue weighted by Gasteiger charge is 2.36. The lowest BCUT2D eigenvalue weighted by atomic mass is 9.97. The summed E-state index contributed by atoms with van der Waals surface area (Å²) in [6, 6.07) is 3.87. The van der Waals surface area contributed by atoms with Crippen molar-refractivity contribution in [1.82, 2.24) is 0 Å². The number of hydrogen-bond acceptors (Lipinski definition) is 4. The maximum absolute atomic E-state index is 13.4. The van der Waals surface area contributed by atoms with Gasteiger partial charge in [-0.1, -0.05) is 6.42 Å². The quantitative estimate of drug-likeness (QED) is 0.516. The summed E-state index contributed by atoms with van der Waals surface area (Å²) in [7, 11) is -4.49. The molecule has 2 aromatic carbocycles. The average molecular weight is 483 g/mol. The Balaban J connectivity index is 1.92. The van der Waals surface area contributed by atoms with Crippen molar-refractivity contribution in [2.75, 3.05) is 4.72 Å². The molecule has 0 amide bonds. The first-order chi connectivity index (χ1) is 14.8. The number of aromatic hydroxyl groups is 1. The lowest BCUT2D eigenvalue weighted by Crippen LogP contribution is -2.22. The van der Waals surface area contributed by atoms with Gasteiger partial charge >= 0.3 is 12.4 Å². The topological polar surface area (TPSA) is 75.6 Å². The first kappa shape index (κ1) is 24.0. The Morgan fingerprint density at radius 3 is 2.03 bits per heavy atom. The molecule has 12 heteroatoms. The van der Waals surface area contributed by atoms with Gasteiger partial charge in [-0.05, 0) is 49.9 Å². The van der Waals surface area contributed by atoms with E-state index in [-0.39, 0.29) is 0 Å². The maximum atomic E-state index is 13.4. The number of nitrogens with one attached hydrogen (secondary N) is 1. The summed E-state index contributed by atoms with van der Waals surface area (Å²) >= 11 is 0. The van der Waals surface area contributed by atoms with Gasteiger partial charge in [0.2, 0.25) is 0 Å². The fraction of sp³-hybridized carbons (Fsp3) is 0.400. The van der Waals surface area contributed by atoms with Gasteiger partial charge in [0.25, 0.3) is 10.0 Å². The summed E-state index contributed by atoms with van der Waals surface area (Å²) in [6.45, 7) is 0. The molecule has 0 saturated heterocycles. The van der Waals surface area contributed by atoms with Crippen LogP contribution in [0.2, 0.25) is 0 Å². The summed E-state index contributed by atoms with van der Waals surface area (Å²) < 4.78 is 111. The lowest BCUT2D eigenvalue weighted by molar-refractivity contribution is -0.140. The number of alkyl halides is 6. The van der Waals surface area contributed by atoms with E-state index >= 15 is 0 Å². The van der Waals surface area contributed by atoms with Crippen molar-refractivity contribution in [2.45, 2.75) is 55.5 Å². The van der Waals surface area contributed by atoms with Crippen LogP contribution in [0.4, 0.5) is 32.0 Å². The molecule has 1 saturated carbocycles. The highest BCUT2D eigenvalue weighted by Crippen LogP contribution is 2.40. The van der Waals surface area contributed by atoms with E-state index in [1.165, 1.54) is 0 Å². The van der Waals surface area contributed by atoms with Crippen LogP contribution in [-0.2, 0) is 22.4 Å². The molecule has 0 aromatic heterocycles. The van der Waals surface area contributed by atoms with Gasteiger partial charge in [0.1, 0.15) is 11.5 Å². The normalized spacial score (nSPS) is 16.1. The largest absolute Gasteiger partial charge is 0.507 e. The number of sulfonamides is 1. The van der Waals surface area contributed by atoms with E-state index < -0.39 is 61.7 Å². The zero-order valence-electron chi connectivity index (χ0n) is 16.4. The Morgan fingerprint density at radius 2 is 1.47 bits per heavy atom. The maximum Gasteiger partial charge on any atom is 0.419 e. The van der Waals surface area contributed by atoms with Crippen molar-refractivity contribution >= 4 is 15.7 Å². The average Bonchev–Trinajstić information content (AvgIpc) is 2.66. The third-order valence-electron chi connectivity index (χ3n) is 4.97. The molecule has 2 N–H and O–H groups in total. The van der Waals surface area contributed by atoms with Crippen LogP contribution in [0, 0.1) is 0 Å². The Kier molecular flexibility index (Phi) is 6.55. The van der Waals surface area contributed by atoms with E-state index in [1.54, 1.807) is 0 Å². The van der Waals surface area contributed by atoms with Crippen molar-refractivity contribution in [2.24, 2.45) is 0 Å². The predicted molar refractivity (Wildman–Crippen MR) is 103 cm³/mol. The van der Waals surface area contributed by atoms with E-state index in [4.69, 9.17) is 4.74 Å². The van der Waals surface area contributed by atoms with E-state index in [0.29, 0.717) is 31.0 Å². The number of benzene rings is 2. The number of phenolic OH excluding ortho intramolecular Hbond substituents is 1. The van der Waals surface area contributed by atoms with Crippen molar-refractivity contribution in [3.8, 4) is 11.5 Å². The molecular formula is C20H19F6NO4S. The second-order valence-electron chi connectivity index (χ2n) is 7.37. The Hall–Kier alpha value is -2.63. The van der Waals surface area contributed by atoms with Crippen LogP contribution in [0.5, 0.6) is 11.5 Å². The van der Waals surface area contributed by atoms with Gasteiger partial charge in [0.05, 0.1) is 27.8 Å². The number of anilines is 1. The van der Waals surface area contributed by atoms with Crippen molar-refractivity contribution in [3.05, 3.63) is 47.5 Å². The van der Waals surface area contributed by atoms with Gasteiger partial charge < -0.3 is 9.84 Å². The fourth-order valence-electron chi connectivity index (χ4n) is 3.41. The van der Waals surface area contributed by atoms with Crippen molar-refractivity contribution in [1.29, 1.82) is 0 Å². The van der Waals surface area contributed by atoms with Crippen molar-refractivity contribution < 1.29 is 44.6 Å². The number of rotatable bonds is 5. The third-order valence-corrected chi connectivity index (χ3v) is 6.35. The molecule has 1 fully saturated rings. The molecule has 32 heavy (non-hydrogen) atoms. The molecule has 1 aliphatic rings. The lowest BCUT2D eigenvalue weighted by Gasteiger charge is -2.25. The smallest absolute Gasteiger partial charge is 0.419 e. The van der Waals surface area contributed by atoms with Gasteiger partial charge in [-0.15, -0.1) is 0 Å². The molecule has 0 radical (unpaired) electrons. The Labute approximate surface area is 180 Å². The van der Waals surface area contributed by atoms with Crippen molar-refractivity contribution in [3.63, 3.8) is 0 Å². The predicted octanol–water partition coefficient (Wildman–Crippen LogP) is 5.94. The van der Waals surface area contributed by atoms with Crippen LogP contribution in [-0.4, -0.2) is 19.6 Å². The standard InChI is InChI=1S/C20H19F6NO4S/c21-19(22,23)15-8-6-12(10-17(15)28)27-32(29,30)14-7-9-16(20(24,25)26)18(11-14)31-13-4-2-1-3-5-13/h6-11,13,27-28H,1-5H2. The molecule has 176 valence electrons. The molecule has 5 nitrogen and oxygen atoms in total. The van der Waals surface area contributed by atoms with Gasteiger partial charge in [-0.25, -0.2) is 8.42 Å². The van der Waals surface area contributed by atoms with Gasteiger partial charge in [-0.2, -0.15) is 26.3 Å². The zero-order valence-corrected chi connectivity index (χ0v) is 17.2. The third kappa shape index (κ3) is 5.59. The molecule has 3 rings (SSSR count). The van der Waals surface area contributed by atoms with E-state index in [0.717, 1.165) is 37.5 Å². The summed E-state index contributed by atoms with van der Waals surface area (Å²) in [5, 5.41) is 9.55. The van der Waals surface area contributed by atoms with Crippen LogP contribution >= 0.6 is 0 Å². The van der Waals surface area contributed by atoms with Gasteiger partial charge in [0.15, 0.2) is 0 Å². The minimum atomic E-state index is -4.85. The number of halogens is 6. The number of hydrogen-bond donors (Lipinski definition) is 2. The summed E-state index contributed by atoms with van der Waals surface area (Å²) in [4.78, 5) is -0.573. The summed E-state index contributed by atoms with van der Waals surface area (Å²) in [5.74, 6) is -1.84. The molecule has 0 heterocycles. The minimum absolute atomic E-state index is 0.398. The second-order valence-corrected chi connectivity index (χ2v) is 9.05. The number of ether oxygens (including phenoxy) is 1. The molecule has 0 spiro atoms. The molecule has 1 aliphatic carbocycles. The summed E-state index contributed by atoms with van der Waals surface area (Å²) in [6.07, 6.45) is -6.54. The molecule has 0 bridgehead atoms. The molecule has 0 atom stereocenters. The van der Waals surface area contributed by atoms with Crippen LogP contribution in [0.3, 0.4) is 0 Å². The zero-order chi connectivity index (χ0) is 23.7. The van der Waals surface area contributed by atoms with E-state index in [1.807, 2.05) is 4.72 Å². The SMILES string of the molecule is O=S(=O)(Nc1ccc(C(F)(F)F)c(O)c1)c1ccc(C(F)(F)F)c(OC2CCCCC2)c1. The highest BCUT2D eigenvalue weighted by molar-refractivity contribution is 7.92. The van der Waals surface area contributed by atoms with Crippen LogP contribution in [0.1, 0.15) is 43.2 Å². The number of phenols is 1.